The van der Waals surface area contributed by atoms with E-state index in [0.29, 0.717) is 17.8 Å². The Morgan fingerprint density at radius 3 is 2.21 bits per heavy atom. The van der Waals surface area contributed by atoms with E-state index >= 15 is 0 Å². The van der Waals surface area contributed by atoms with Gasteiger partial charge < -0.3 is 5.32 Å². The molecule has 0 spiro atoms. The number of nitrogens with zero attached hydrogens (tertiary/aromatic N) is 1. The highest BCUT2D eigenvalue weighted by Crippen LogP contribution is 2.17. The van der Waals surface area contributed by atoms with Crippen LogP contribution in [0, 0.1) is 0 Å². The molecule has 0 heterocycles. The molecule has 0 saturated carbocycles. The zero-order valence-electron chi connectivity index (χ0n) is 14.1. The molecule has 6 heteroatoms. The van der Waals surface area contributed by atoms with Gasteiger partial charge in [-0.2, -0.15) is 0 Å². The van der Waals surface area contributed by atoms with E-state index in [1.807, 2.05) is 30.3 Å². The average Bonchev–Trinajstić information content (AvgIpc) is 2.58. The third-order valence-electron chi connectivity index (χ3n) is 3.93. The molecule has 0 radical (unpaired) electrons. The van der Waals surface area contributed by atoms with Crippen LogP contribution in [0.25, 0.3) is 0 Å². The van der Waals surface area contributed by atoms with Gasteiger partial charge in [0.15, 0.2) is 0 Å². The SMILES string of the molecule is C[C@@H](CNC(=O)c1ccc(N(C)S(C)(=O)=O)cc1)c1ccccc1. The van der Waals surface area contributed by atoms with Crippen molar-refractivity contribution < 1.29 is 13.2 Å². The van der Waals surface area contributed by atoms with Gasteiger partial charge in [0.1, 0.15) is 0 Å². The Labute approximate surface area is 143 Å². The second-order valence-electron chi connectivity index (χ2n) is 5.80. The first-order valence-electron chi connectivity index (χ1n) is 7.66. The van der Waals surface area contributed by atoms with Crippen molar-refractivity contribution in [2.45, 2.75) is 12.8 Å². The molecule has 1 N–H and O–H groups in total. The summed E-state index contributed by atoms with van der Waals surface area (Å²) in [6, 6.07) is 16.5. The first-order valence-corrected chi connectivity index (χ1v) is 9.51. The third kappa shape index (κ3) is 4.58. The number of amides is 1. The quantitative estimate of drug-likeness (QED) is 0.874. The summed E-state index contributed by atoms with van der Waals surface area (Å²) in [6.45, 7) is 2.59. The lowest BCUT2D eigenvalue weighted by molar-refractivity contribution is 0.0951. The van der Waals surface area contributed by atoms with Gasteiger partial charge in [0, 0.05) is 19.2 Å². The van der Waals surface area contributed by atoms with Gasteiger partial charge in [0.25, 0.3) is 5.91 Å². The van der Waals surface area contributed by atoms with Gasteiger partial charge in [-0.05, 0) is 35.7 Å². The molecule has 24 heavy (non-hydrogen) atoms. The highest BCUT2D eigenvalue weighted by molar-refractivity contribution is 7.92. The molecule has 0 fully saturated rings. The molecule has 2 aromatic rings. The van der Waals surface area contributed by atoms with Crippen LogP contribution in [0.15, 0.2) is 54.6 Å². The molecular weight excluding hydrogens is 324 g/mol. The molecule has 0 unspecified atom stereocenters. The first kappa shape index (κ1) is 18.0. The second-order valence-corrected chi connectivity index (χ2v) is 7.81. The van der Waals surface area contributed by atoms with E-state index < -0.39 is 10.0 Å². The Hall–Kier alpha value is -2.34. The van der Waals surface area contributed by atoms with Crippen LogP contribution in [-0.4, -0.2) is 34.2 Å². The van der Waals surface area contributed by atoms with Crippen LogP contribution in [0.3, 0.4) is 0 Å². The van der Waals surface area contributed by atoms with E-state index in [2.05, 4.69) is 12.2 Å². The molecule has 1 atom stereocenters. The lowest BCUT2D eigenvalue weighted by atomic mass is 10.0. The van der Waals surface area contributed by atoms with Crippen molar-refractivity contribution in [3.63, 3.8) is 0 Å². The van der Waals surface area contributed by atoms with Gasteiger partial charge in [-0.1, -0.05) is 37.3 Å². The number of carbonyl (C=O) groups is 1. The fourth-order valence-electron chi connectivity index (χ4n) is 2.26. The molecule has 0 aliphatic carbocycles. The molecule has 0 aromatic heterocycles. The summed E-state index contributed by atoms with van der Waals surface area (Å²) >= 11 is 0. The summed E-state index contributed by atoms with van der Waals surface area (Å²) in [5, 5.41) is 2.91. The van der Waals surface area contributed by atoms with Crippen LogP contribution in [0.4, 0.5) is 5.69 Å². The predicted molar refractivity (Wildman–Crippen MR) is 96.9 cm³/mol. The van der Waals surface area contributed by atoms with Crippen molar-refractivity contribution in [1.82, 2.24) is 5.32 Å². The van der Waals surface area contributed by atoms with E-state index in [1.165, 1.54) is 16.9 Å². The van der Waals surface area contributed by atoms with Crippen molar-refractivity contribution in [3.8, 4) is 0 Å². The normalized spacial score (nSPS) is 12.5. The summed E-state index contributed by atoms with van der Waals surface area (Å²) in [6.07, 6.45) is 1.14. The Bertz CT molecular complexity index is 787. The number of hydrogen-bond acceptors (Lipinski definition) is 3. The summed E-state index contributed by atoms with van der Waals surface area (Å²) in [4.78, 5) is 12.2. The molecule has 0 saturated heterocycles. The zero-order valence-corrected chi connectivity index (χ0v) is 14.9. The molecule has 5 nitrogen and oxygen atoms in total. The van der Waals surface area contributed by atoms with Crippen molar-refractivity contribution in [1.29, 1.82) is 0 Å². The van der Waals surface area contributed by atoms with Gasteiger partial charge >= 0.3 is 0 Å². The minimum absolute atomic E-state index is 0.175. The summed E-state index contributed by atoms with van der Waals surface area (Å²) in [5.41, 5.74) is 2.19. The van der Waals surface area contributed by atoms with Crippen molar-refractivity contribution in [3.05, 3.63) is 65.7 Å². The molecule has 128 valence electrons. The highest BCUT2D eigenvalue weighted by Gasteiger charge is 2.13. The minimum Gasteiger partial charge on any atom is -0.351 e. The van der Waals surface area contributed by atoms with Gasteiger partial charge in [-0.3, -0.25) is 9.10 Å². The highest BCUT2D eigenvalue weighted by atomic mass is 32.2. The van der Waals surface area contributed by atoms with Crippen molar-refractivity contribution in [2.75, 3.05) is 24.2 Å². The van der Waals surface area contributed by atoms with E-state index in [0.717, 1.165) is 6.26 Å². The van der Waals surface area contributed by atoms with Crippen LogP contribution >= 0.6 is 0 Å². The standard InChI is InChI=1S/C18H22N2O3S/c1-14(15-7-5-4-6-8-15)13-19-18(21)16-9-11-17(12-10-16)20(2)24(3,22)23/h4-12,14H,13H2,1-3H3,(H,19,21)/t14-/m0/s1. The van der Waals surface area contributed by atoms with Crippen molar-refractivity contribution in [2.24, 2.45) is 0 Å². The number of benzene rings is 2. The largest absolute Gasteiger partial charge is 0.351 e. The number of anilines is 1. The topological polar surface area (TPSA) is 66.5 Å². The second kappa shape index (κ2) is 7.49. The molecule has 0 aliphatic rings. The molecule has 1 amide bonds. The summed E-state index contributed by atoms with van der Waals surface area (Å²) in [5.74, 6) is 0.0390. The van der Waals surface area contributed by atoms with Crippen LogP contribution < -0.4 is 9.62 Å². The first-order chi connectivity index (χ1) is 11.3. The molecule has 2 aromatic carbocycles. The lowest BCUT2D eigenvalue weighted by Gasteiger charge is -2.17. The Balaban J connectivity index is 1.98. The lowest BCUT2D eigenvalue weighted by Crippen LogP contribution is -2.28. The van der Waals surface area contributed by atoms with Gasteiger partial charge in [0.05, 0.1) is 11.9 Å². The van der Waals surface area contributed by atoms with E-state index in [-0.39, 0.29) is 11.8 Å². The number of carbonyl (C=O) groups excluding carboxylic acids is 1. The fraction of sp³-hybridized carbons (Fsp3) is 0.278. The van der Waals surface area contributed by atoms with Crippen LogP contribution in [-0.2, 0) is 10.0 Å². The van der Waals surface area contributed by atoms with E-state index in [4.69, 9.17) is 0 Å². The monoisotopic (exact) mass is 346 g/mol. The Kier molecular flexibility index (Phi) is 5.62. The number of nitrogens with one attached hydrogen (secondary N) is 1. The minimum atomic E-state index is -3.31. The predicted octanol–water partition coefficient (Wildman–Crippen LogP) is 2.62. The maximum Gasteiger partial charge on any atom is 0.251 e. The number of rotatable bonds is 6. The van der Waals surface area contributed by atoms with E-state index in [1.54, 1.807) is 24.3 Å². The Morgan fingerprint density at radius 1 is 1.08 bits per heavy atom. The van der Waals surface area contributed by atoms with Crippen LogP contribution in [0.5, 0.6) is 0 Å². The zero-order chi connectivity index (χ0) is 17.7. The molecular formula is C18H22N2O3S. The maximum atomic E-state index is 12.2. The smallest absolute Gasteiger partial charge is 0.251 e. The van der Waals surface area contributed by atoms with Crippen LogP contribution in [0.1, 0.15) is 28.8 Å². The number of sulfonamides is 1. The third-order valence-corrected chi connectivity index (χ3v) is 5.13. The fourth-order valence-corrected chi connectivity index (χ4v) is 2.77. The summed E-state index contributed by atoms with van der Waals surface area (Å²) in [7, 11) is -1.83. The summed E-state index contributed by atoms with van der Waals surface area (Å²) < 4.78 is 24.2. The molecule has 0 bridgehead atoms. The van der Waals surface area contributed by atoms with Gasteiger partial charge in [0.2, 0.25) is 10.0 Å². The van der Waals surface area contributed by atoms with E-state index in [9.17, 15) is 13.2 Å². The molecule has 2 rings (SSSR count). The van der Waals surface area contributed by atoms with Gasteiger partial charge in [-0.15, -0.1) is 0 Å². The van der Waals surface area contributed by atoms with Gasteiger partial charge in [-0.25, -0.2) is 8.42 Å². The molecule has 0 aliphatic heterocycles. The average molecular weight is 346 g/mol. The maximum absolute atomic E-state index is 12.2. The Morgan fingerprint density at radius 2 is 1.67 bits per heavy atom. The van der Waals surface area contributed by atoms with Crippen molar-refractivity contribution >= 4 is 21.6 Å². The van der Waals surface area contributed by atoms with Crippen LogP contribution in [0.2, 0.25) is 0 Å². The number of hydrogen-bond donors (Lipinski definition) is 1.